The normalized spacial score (nSPS) is 21.2. The average molecular weight is 246 g/mol. The quantitative estimate of drug-likeness (QED) is 0.879. The van der Waals surface area contributed by atoms with Crippen molar-refractivity contribution in [3.63, 3.8) is 0 Å². The molecule has 0 aromatic heterocycles. The van der Waals surface area contributed by atoms with Gasteiger partial charge in [0.15, 0.2) is 0 Å². The van der Waals surface area contributed by atoms with Crippen LogP contribution in [-0.2, 0) is 6.54 Å². The summed E-state index contributed by atoms with van der Waals surface area (Å²) in [6.45, 7) is 11.4. The summed E-state index contributed by atoms with van der Waals surface area (Å²) >= 11 is 0. The van der Waals surface area contributed by atoms with Crippen LogP contribution in [0, 0.1) is 13.8 Å². The van der Waals surface area contributed by atoms with Gasteiger partial charge in [-0.15, -0.1) is 0 Å². The smallest absolute Gasteiger partial charge is 0.0213 e. The van der Waals surface area contributed by atoms with E-state index in [1.165, 1.54) is 49.2 Å². The van der Waals surface area contributed by atoms with Crippen LogP contribution in [0.2, 0.25) is 0 Å². The third kappa shape index (κ3) is 3.33. The number of benzene rings is 1. The van der Waals surface area contributed by atoms with Gasteiger partial charge in [-0.2, -0.15) is 0 Å². The number of rotatable bonds is 4. The first-order valence-corrected chi connectivity index (χ1v) is 7.21. The third-order valence-electron chi connectivity index (χ3n) is 4.16. The molecule has 0 radical (unpaired) electrons. The zero-order valence-corrected chi connectivity index (χ0v) is 12.0. The number of nitrogens with zero attached hydrogens (tertiary/aromatic N) is 1. The molecule has 1 aromatic rings. The van der Waals surface area contributed by atoms with E-state index in [-0.39, 0.29) is 0 Å². The van der Waals surface area contributed by atoms with Gasteiger partial charge in [-0.25, -0.2) is 0 Å². The molecule has 1 unspecified atom stereocenters. The van der Waals surface area contributed by atoms with Gasteiger partial charge < -0.3 is 10.2 Å². The van der Waals surface area contributed by atoms with Crippen LogP contribution >= 0.6 is 0 Å². The number of aryl methyl sites for hydroxylation is 2. The van der Waals surface area contributed by atoms with Crippen LogP contribution in [0.15, 0.2) is 18.2 Å². The molecule has 2 rings (SSSR count). The maximum Gasteiger partial charge on any atom is 0.0213 e. The number of likely N-dealkylation sites (N-methyl/N-ethyl adjacent to an activating group) is 1. The molecular weight excluding hydrogens is 220 g/mol. The van der Waals surface area contributed by atoms with Crippen LogP contribution in [0.4, 0.5) is 0 Å². The van der Waals surface area contributed by atoms with E-state index in [0.717, 1.165) is 6.54 Å². The van der Waals surface area contributed by atoms with E-state index >= 15 is 0 Å². The van der Waals surface area contributed by atoms with Crippen molar-refractivity contribution in [3.05, 3.63) is 34.9 Å². The van der Waals surface area contributed by atoms with Crippen molar-refractivity contribution in [1.82, 2.24) is 10.2 Å². The number of likely N-dealkylation sites (tertiary alicyclic amines) is 1. The van der Waals surface area contributed by atoms with Gasteiger partial charge >= 0.3 is 0 Å². The van der Waals surface area contributed by atoms with Crippen molar-refractivity contribution in [3.8, 4) is 0 Å². The van der Waals surface area contributed by atoms with Crippen LogP contribution in [0.3, 0.4) is 0 Å². The fourth-order valence-corrected chi connectivity index (χ4v) is 2.88. The van der Waals surface area contributed by atoms with Gasteiger partial charge in [-0.1, -0.05) is 25.1 Å². The Hall–Kier alpha value is -0.860. The maximum atomic E-state index is 3.74. The van der Waals surface area contributed by atoms with E-state index in [1.54, 1.807) is 0 Å². The molecule has 2 heteroatoms. The van der Waals surface area contributed by atoms with E-state index in [1.807, 2.05) is 0 Å². The second kappa shape index (κ2) is 6.35. The SMILES string of the molecule is CCN1CCCC(NCc2c(C)cccc2C)C1. The predicted molar refractivity (Wildman–Crippen MR) is 77.9 cm³/mol. The van der Waals surface area contributed by atoms with Gasteiger partial charge in [0.2, 0.25) is 0 Å². The lowest BCUT2D eigenvalue weighted by Crippen LogP contribution is -2.45. The number of hydrogen-bond acceptors (Lipinski definition) is 2. The molecule has 1 aromatic carbocycles. The lowest BCUT2D eigenvalue weighted by atomic mass is 10.0. The second-order valence-corrected chi connectivity index (χ2v) is 5.48. The third-order valence-corrected chi connectivity index (χ3v) is 4.16. The molecule has 2 nitrogen and oxygen atoms in total. The molecule has 0 amide bonds. The summed E-state index contributed by atoms with van der Waals surface area (Å²) < 4.78 is 0. The zero-order chi connectivity index (χ0) is 13.0. The lowest BCUT2D eigenvalue weighted by Gasteiger charge is -2.32. The molecule has 0 saturated carbocycles. The Balaban J connectivity index is 1.91. The Bertz CT molecular complexity index is 366. The Morgan fingerprint density at radius 3 is 2.67 bits per heavy atom. The Kier molecular flexibility index (Phi) is 4.79. The summed E-state index contributed by atoms with van der Waals surface area (Å²) in [7, 11) is 0. The molecule has 1 aliphatic rings. The number of hydrogen-bond donors (Lipinski definition) is 1. The molecule has 1 fully saturated rings. The van der Waals surface area contributed by atoms with E-state index in [4.69, 9.17) is 0 Å². The molecule has 1 saturated heterocycles. The van der Waals surface area contributed by atoms with E-state index in [0.29, 0.717) is 6.04 Å². The first kappa shape index (κ1) is 13.6. The highest BCUT2D eigenvalue weighted by Gasteiger charge is 2.18. The largest absolute Gasteiger partial charge is 0.309 e. The van der Waals surface area contributed by atoms with Gasteiger partial charge in [0, 0.05) is 19.1 Å². The molecule has 18 heavy (non-hydrogen) atoms. The van der Waals surface area contributed by atoms with E-state index in [2.05, 4.69) is 49.2 Å². The highest BCUT2D eigenvalue weighted by atomic mass is 15.2. The first-order valence-electron chi connectivity index (χ1n) is 7.21. The van der Waals surface area contributed by atoms with Crippen LogP contribution in [0.5, 0.6) is 0 Å². The summed E-state index contributed by atoms with van der Waals surface area (Å²) in [6, 6.07) is 7.23. The average Bonchev–Trinajstić information content (AvgIpc) is 2.38. The number of nitrogens with one attached hydrogen (secondary N) is 1. The topological polar surface area (TPSA) is 15.3 Å². The van der Waals surface area contributed by atoms with Gasteiger partial charge in [0.25, 0.3) is 0 Å². The molecule has 1 N–H and O–H groups in total. The zero-order valence-electron chi connectivity index (χ0n) is 12.0. The second-order valence-electron chi connectivity index (χ2n) is 5.48. The summed E-state index contributed by atoms with van der Waals surface area (Å²) in [5.41, 5.74) is 4.29. The minimum Gasteiger partial charge on any atom is -0.309 e. The first-order chi connectivity index (χ1) is 8.70. The van der Waals surface area contributed by atoms with Crippen LogP contribution in [0.1, 0.15) is 36.5 Å². The molecule has 1 aliphatic heterocycles. The molecular formula is C16H26N2. The molecule has 0 bridgehead atoms. The van der Waals surface area contributed by atoms with Crippen molar-refractivity contribution < 1.29 is 0 Å². The van der Waals surface area contributed by atoms with Crippen LogP contribution in [0.25, 0.3) is 0 Å². The summed E-state index contributed by atoms with van der Waals surface area (Å²) in [6.07, 6.45) is 2.65. The standard InChI is InChI=1S/C16H26N2/c1-4-18-10-6-9-15(12-18)17-11-16-13(2)7-5-8-14(16)3/h5,7-8,15,17H,4,6,9-12H2,1-3H3. The van der Waals surface area contributed by atoms with E-state index in [9.17, 15) is 0 Å². The van der Waals surface area contributed by atoms with Crippen molar-refractivity contribution >= 4 is 0 Å². The maximum absolute atomic E-state index is 3.74. The van der Waals surface area contributed by atoms with Crippen molar-refractivity contribution in [1.29, 1.82) is 0 Å². The summed E-state index contributed by atoms with van der Waals surface area (Å²) in [4.78, 5) is 2.55. The molecule has 1 atom stereocenters. The predicted octanol–water partition coefficient (Wildman–Crippen LogP) is 2.88. The van der Waals surface area contributed by atoms with E-state index < -0.39 is 0 Å². The fraction of sp³-hybridized carbons (Fsp3) is 0.625. The molecule has 1 heterocycles. The number of piperidine rings is 1. The monoisotopic (exact) mass is 246 g/mol. The fourth-order valence-electron chi connectivity index (χ4n) is 2.88. The molecule has 0 spiro atoms. The Labute approximate surface area is 111 Å². The minimum absolute atomic E-state index is 0.665. The van der Waals surface area contributed by atoms with Crippen molar-refractivity contribution in [2.24, 2.45) is 0 Å². The van der Waals surface area contributed by atoms with Gasteiger partial charge in [-0.05, 0) is 56.5 Å². The van der Waals surface area contributed by atoms with Gasteiger partial charge in [0.1, 0.15) is 0 Å². The van der Waals surface area contributed by atoms with Crippen LogP contribution < -0.4 is 5.32 Å². The highest BCUT2D eigenvalue weighted by molar-refractivity contribution is 5.33. The summed E-state index contributed by atoms with van der Waals surface area (Å²) in [5.74, 6) is 0. The van der Waals surface area contributed by atoms with Gasteiger partial charge in [-0.3, -0.25) is 0 Å². The highest BCUT2D eigenvalue weighted by Crippen LogP contribution is 2.15. The minimum atomic E-state index is 0.665. The Morgan fingerprint density at radius 1 is 1.28 bits per heavy atom. The Morgan fingerprint density at radius 2 is 2.00 bits per heavy atom. The summed E-state index contributed by atoms with van der Waals surface area (Å²) in [5, 5.41) is 3.74. The molecule has 100 valence electrons. The van der Waals surface area contributed by atoms with Gasteiger partial charge in [0.05, 0.1) is 0 Å². The van der Waals surface area contributed by atoms with Crippen molar-refractivity contribution in [2.75, 3.05) is 19.6 Å². The van der Waals surface area contributed by atoms with Crippen LogP contribution in [-0.4, -0.2) is 30.6 Å². The lowest BCUT2D eigenvalue weighted by molar-refractivity contribution is 0.198. The van der Waals surface area contributed by atoms with Crippen molar-refractivity contribution in [2.45, 2.75) is 46.2 Å². The molecule has 0 aliphatic carbocycles.